The quantitative estimate of drug-likeness (QED) is 0.705. The fraction of sp³-hybridized carbons (Fsp3) is 0.600. The molecule has 0 fully saturated rings. The Morgan fingerprint density at radius 2 is 2.11 bits per heavy atom. The predicted octanol–water partition coefficient (Wildman–Crippen LogP) is 4.33. The summed E-state index contributed by atoms with van der Waals surface area (Å²) in [6, 6.07) is 7.35. The molecule has 18 heavy (non-hydrogen) atoms. The SMILES string of the molecule is CCCNC(CSc1cccc(F)c1)C(C)CC. The molecule has 0 saturated carbocycles. The zero-order valence-electron chi connectivity index (χ0n) is 11.6. The third-order valence-corrected chi connectivity index (χ3v) is 4.33. The van der Waals surface area contributed by atoms with E-state index < -0.39 is 0 Å². The Kier molecular flexibility index (Phi) is 7.36. The van der Waals surface area contributed by atoms with Crippen molar-refractivity contribution in [1.82, 2.24) is 5.32 Å². The average molecular weight is 269 g/mol. The highest BCUT2D eigenvalue weighted by Gasteiger charge is 2.15. The summed E-state index contributed by atoms with van der Waals surface area (Å²) in [5, 5.41) is 3.59. The van der Waals surface area contributed by atoms with Crippen LogP contribution in [0.3, 0.4) is 0 Å². The van der Waals surface area contributed by atoms with Gasteiger partial charge in [0.2, 0.25) is 0 Å². The highest BCUT2D eigenvalue weighted by Crippen LogP contribution is 2.22. The largest absolute Gasteiger partial charge is 0.313 e. The molecule has 1 N–H and O–H groups in total. The summed E-state index contributed by atoms with van der Waals surface area (Å²) < 4.78 is 13.1. The lowest BCUT2D eigenvalue weighted by atomic mass is 10.0. The van der Waals surface area contributed by atoms with E-state index in [4.69, 9.17) is 0 Å². The second-order valence-electron chi connectivity index (χ2n) is 4.71. The number of nitrogens with one attached hydrogen (secondary N) is 1. The number of benzene rings is 1. The number of hydrogen-bond donors (Lipinski definition) is 1. The van der Waals surface area contributed by atoms with Gasteiger partial charge in [0.05, 0.1) is 0 Å². The minimum atomic E-state index is -0.151. The molecule has 0 radical (unpaired) electrons. The van der Waals surface area contributed by atoms with Crippen molar-refractivity contribution >= 4 is 11.8 Å². The molecule has 0 aliphatic carbocycles. The van der Waals surface area contributed by atoms with Crippen LogP contribution < -0.4 is 5.32 Å². The summed E-state index contributed by atoms with van der Waals surface area (Å²) in [7, 11) is 0. The van der Waals surface area contributed by atoms with Crippen LogP contribution in [0.4, 0.5) is 4.39 Å². The van der Waals surface area contributed by atoms with Crippen molar-refractivity contribution in [2.24, 2.45) is 5.92 Å². The normalized spacial score (nSPS) is 14.4. The van der Waals surface area contributed by atoms with Crippen LogP contribution in [0.25, 0.3) is 0 Å². The molecule has 0 aliphatic heterocycles. The van der Waals surface area contributed by atoms with Crippen molar-refractivity contribution in [2.45, 2.75) is 44.6 Å². The molecule has 0 heterocycles. The Morgan fingerprint density at radius 1 is 1.33 bits per heavy atom. The Bertz CT molecular complexity index is 343. The maximum atomic E-state index is 13.1. The van der Waals surface area contributed by atoms with Gasteiger partial charge in [-0.15, -0.1) is 11.8 Å². The zero-order valence-corrected chi connectivity index (χ0v) is 12.4. The van der Waals surface area contributed by atoms with Crippen molar-refractivity contribution in [3.63, 3.8) is 0 Å². The minimum Gasteiger partial charge on any atom is -0.313 e. The van der Waals surface area contributed by atoms with E-state index in [9.17, 15) is 4.39 Å². The topological polar surface area (TPSA) is 12.0 Å². The fourth-order valence-corrected chi connectivity index (χ4v) is 2.97. The number of halogens is 1. The summed E-state index contributed by atoms with van der Waals surface area (Å²) >= 11 is 1.73. The lowest BCUT2D eigenvalue weighted by molar-refractivity contribution is 0.397. The van der Waals surface area contributed by atoms with E-state index in [0.717, 1.165) is 23.6 Å². The van der Waals surface area contributed by atoms with Gasteiger partial charge in [0, 0.05) is 16.7 Å². The zero-order chi connectivity index (χ0) is 13.4. The molecule has 2 unspecified atom stereocenters. The molecule has 0 aromatic heterocycles. The van der Waals surface area contributed by atoms with Crippen LogP contribution in [0, 0.1) is 11.7 Å². The molecule has 0 bridgehead atoms. The molecule has 2 atom stereocenters. The molecule has 1 nitrogen and oxygen atoms in total. The average Bonchev–Trinajstić information content (AvgIpc) is 2.38. The van der Waals surface area contributed by atoms with Gasteiger partial charge in [-0.2, -0.15) is 0 Å². The van der Waals surface area contributed by atoms with Crippen LogP contribution in [-0.2, 0) is 0 Å². The highest BCUT2D eigenvalue weighted by molar-refractivity contribution is 7.99. The summed E-state index contributed by atoms with van der Waals surface area (Å²) in [4.78, 5) is 1.02. The summed E-state index contributed by atoms with van der Waals surface area (Å²) in [6.45, 7) is 7.73. The Labute approximate surface area is 115 Å². The van der Waals surface area contributed by atoms with Gasteiger partial charge in [-0.3, -0.25) is 0 Å². The van der Waals surface area contributed by atoms with Crippen LogP contribution in [-0.4, -0.2) is 18.3 Å². The molecule has 0 aliphatic rings. The van der Waals surface area contributed by atoms with Gasteiger partial charge in [-0.1, -0.05) is 33.3 Å². The van der Waals surface area contributed by atoms with Gasteiger partial charge >= 0.3 is 0 Å². The first-order chi connectivity index (χ1) is 8.67. The van der Waals surface area contributed by atoms with Crippen LogP contribution >= 0.6 is 11.8 Å². The molecule has 3 heteroatoms. The molecule has 1 aromatic carbocycles. The molecule has 1 rings (SSSR count). The molecule has 0 saturated heterocycles. The van der Waals surface area contributed by atoms with E-state index in [0.29, 0.717) is 12.0 Å². The lowest BCUT2D eigenvalue weighted by Gasteiger charge is -2.24. The van der Waals surface area contributed by atoms with E-state index in [1.54, 1.807) is 23.9 Å². The maximum absolute atomic E-state index is 13.1. The van der Waals surface area contributed by atoms with Gasteiger partial charge in [0.15, 0.2) is 0 Å². The van der Waals surface area contributed by atoms with Crippen molar-refractivity contribution in [3.05, 3.63) is 30.1 Å². The molecule has 102 valence electrons. The van der Waals surface area contributed by atoms with Crippen LogP contribution in [0.1, 0.15) is 33.6 Å². The third-order valence-electron chi connectivity index (χ3n) is 3.21. The van der Waals surface area contributed by atoms with Crippen molar-refractivity contribution < 1.29 is 4.39 Å². The second-order valence-corrected chi connectivity index (χ2v) is 5.81. The summed E-state index contributed by atoms with van der Waals surface area (Å²) in [6.07, 6.45) is 2.32. The van der Waals surface area contributed by atoms with E-state index in [1.165, 1.54) is 12.5 Å². The monoisotopic (exact) mass is 269 g/mol. The van der Waals surface area contributed by atoms with E-state index >= 15 is 0 Å². The van der Waals surface area contributed by atoms with Crippen LogP contribution in [0.15, 0.2) is 29.2 Å². The molecular formula is C15H24FNS. The van der Waals surface area contributed by atoms with Gasteiger partial charge in [0.25, 0.3) is 0 Å². The van der Waals surface area contributed by atoms with E-state index in [-0.39, 0.29) is 5.82 Å². The molecule has 0 spiro atoms. The van der Waals surface area contributed by atoms with Crippen molar-refractivity contribution in [2.75, 3.05) is 12.3 Å². The Hall–Kier alpha value is -0.540. The molecule has 0 amide bonds. The first-order valence-corrected chi connectivity index (χ1v) is 7.77. The van der Waals surface area contributed by atoms with Gasteiger partial charge in [-0.25, -0.2) is 4.39 Å². The van der Waals surface area contributed by atoms with E-state index in [1.807, 2.05) is 6.07 Å². The molecular weight excluding hydrogens is 245 g/mol. The van der Waals surface area contributed by atoms with Gasteiger partial charge in [0.1, 0.15) is 5.82 Å². The first-order valence-electron chi connectivity index (χ1n) is 6.79. The standard InChI is InChI=1S/C15H24FNS/c1-4-9-17-15(12(3)5-2)11-18-14-8-6-7-13(16)10-14/h6-8,10,12,15,17H,4-5,9,11H2,1-3H3. The maximum Gasteiger partial charge on any atom is 0.124 e. The van der Waals surface area contributed by atoms with Crippen LogP contribution in [0.2, 0.25) is 0 Å². The van der Waals surface area contributed by atoms with Gasteiger partial charge in [-0.05, 0) is 37.1 Å². The first kappa shape index (κ1) is 15.5. The third kappa shape index (κ3) is 5.40. The van der Waals surface area contributed by atoms with Crippen molar-refractivity contribution in [1.29, 1.82) is 0 Å². The number of hydrogen-bond acceptors (Lipinski definition) is 2. The second kappa shape index (κ2) is 8.54. The Balaban J connectivity index is 2.50. The highest BCUT2D eigenvalue weighted by atomic mass is 32.2. The lowest BCUT2D eigenvalue weighted by Crippen LogP contribution is -2.37. The molecule has 1 aromatic rings. The summed E-state index contributed by atoms with van der Waals surface area (Å²) in [5.41, 5.74) is 0. The minimum absolute atomic E-state index is 0.151. The smallest absolute Gasteiger partial charge is 0.124 e. The number of thioether (sulfide) groups is 1. The summed E-state index contributed by atoms with van der Waals surface area (Å²) in [5.74, 6) is 1.50. The van der Waals surface area contributed by atoms with Crippen molar-refractivity contribution in [3.8, 4) is 0 Å². The Morgan fingerprint density at radius 3 is 2.72 bits per heavy atom. The van der Waals surface area contributed by atoms with E-state index in [2.05, 4.69) is 26.1 Å². The van der Waals surface area contributed by atoms with Crippen LogP contribution in [0.5, 0.6) is 0 Å². The fourth-order valence-electron chi connectivity index (χ4n) is 1.78. The number of rotatable bonds is 8. The van der Waals surface area contributed by atoms with Gasteiger partial charge < -0.3 is 5.32 Å². The predicted molar refractivity (Wildman–Crippen MR) is 78.7 cm³/mol.